The molecule has 0 bridgehead atoms. The molecule has 21 heavy (non-hydrogen) atoms. The second-order valence-corrected chi connectivity index (χ2v) is 5.22. The van der Waals surface area contributed by atoms with Crippen molar-refractivity contribution in [2.45, 2.75) is 13.0 Å². The SMILES string of the molecule is Cn1cc(CNC(=O)Cc2ccccc2)c2ccccc21. The van der Waals surface area contributed by atoms with Gasteiger partial charge in [0.1, 0.15) is 0 Å². The highest BCUT2D eigenvalue weighted by atomic mass is 16.1. The van der Waals surface area contributed by atoms with Crippen LogP contribution in [0.5, 0.6) is 0 Å². The van der Waals surface area contributed by atoms with Crippen molar-refractivity contribution >= 4 is 16.8 Å². The van der Waals surface area contributed by atoms with Gasteiger partial charge in [0.25, 0.3) is 0 Å². The lowest BCUT2D eigenvalue weighted by atomic mass is 10.1. The van der Waals surface area contributed by atoms with Crippen LogP contribution < -0.4 is 5.32 Å². The first kappa shape index (κ1) is 13.4. The van der Waals surface area contributed by atoms with Crippen molar-refractivity contribution in [1.29, 1.82) is 0 Å². The molecule has 1 heterocycles. The van der Waals surface area contributed by atoms with Crippen LogP contribution >= 0.6 is 0 Å². The second-order valence-electron chi connectivity index (χ2n) is 5.22. The first-order valence-corrected chi connectivity index (χ1v) is 7.07. The van der Waals surface area contributed by atoms with Gasteiger partial charge in [-0.1, -0.05) is 48.5 Å². The fourth-order valence-electron chi connectivity index (χ4n) is 2.60. The number of carbonyl (C=O) groups excluding carboxylic acids is 1. The molecule has 1 amide bonds. The van der Waals surface area contributed by atoms with E-state index in [0.717, 1.165) is 11.1 Å². The molecule has 0 spiro atoms. The number of benzene rings is 2. The van der Waals surface area contributed by atoms with Crippen LogP contribution in [0, 0.1) is 0 Å². The molecule has 0 radical (unpaired) electrons. The molecule has 0 aliphatic carbocycles. The van der Waals surface area contributed by atoms with Gasteiger partial charge in [-0.05, 0) is 17.2 Å². The van der Waals surface area contributed by atoms with Gasteiger partial charge in [-0.25, -0.2) is 0 Å². The first-order valence-electron chi connectivity index (χ1n) is 7.07. The Bertz CT molecular complexity index is 759. The molecule has 0 aliphatic rings. The number of hydrogen-bond donors (Lipinski definition) is 1. The van der Waals surface area contributed by atoms with Crippen molar-refractivity contribution in [3.63, 3.8) is 0 Å². The van der Waals surface area contributed by atoms with Crippen LogP contribution in [0.4, 0.5) is 0 Å². The highest BCUT2D eigenvalue weighted by molar-refractivity contribution is 5.85. The van der Waals surface area contributed by atoms with E-state index in [9.17, 15) is 4.79 Å². The monoisotopic (exact) mass is 278 g/mol. The third-order valence-corrected chi connectivity index (χ3v) is 3.66. The van der Waals surface area contributed by atoms with E-state index in [1.807, 2.05) is 49.5 Å². The molecule has 2 aromatic carbocycles. The number of aromatic nitrogens is 1. The number of nitrogens with zero attached hydrogens (tertiary/aromatic N) is 1. The molecule has 3 heteroatoms. The predicted octanol–water partition coefficient (Wildman–Crippen LogP) is 3.04. The Morgan fingerprint density at radius 3 is 2.57 bits per heavy atom. The van der Waals surface area contributed by atoms with Gasteiger partial charge in [0.2, 0.25) is 5.91 Å². The highest BCUT2D eigenvalue weighted by Gasteiger charge is 2.08. The Morgan fingerprint density at radius 2 is 1.76 bits per heavy atom. The molecule has 0 aliphatic heterocycles. The molecule has 3 nitrogen and oxygen atoms in total. The minimum atomic E-state index is 0.0501. The lowest BCUT2D eigenvalue weighted by molar-refractivity contribution is -0.120. The number of para-hydroxylation sites is 1. The number of rotatable bonds is 4. The quantitative estimate of drug-likeness (QED) is 0.782. The van der Waals surface area contributed by atoms with Crippen LogP contribution in [0.3, 0.4) is 0 Å². The van der Waals surface area contributed by atoms with E-state index in [0.29, 0.717) is 13.0 Å². The number of hydrogen-bond acceptors (Lipinski definition) is 1. The van der Waals surface area contributed by atoms with Gasteiger partial charge < -0.3 is 9.88 Å². The molecule has 0 fully saturated rings. The zero-order chi connectivity index (χ0) is 14.7. The summed E-state index contributed by atoms with van der Waals surface area (Å²) >= 11 is 0. The average molecular weight is 278 g/mol. The van der Waals surface area contributed by atoms with E-state index >= 15 is 0 Å². The molecule has 0 saturated carbocycles. The summed E-state index contributed by atoms with van der Waals surface area (Å²) in [4.78, 5) is 12.0. The Labute approximate surface area is 124 Å². The van der Waals surface area contributed by atoms with Crippen molar-refractivity contribution in [2.24, 2.45) is 7.05 Å². The number of carbonyl (C=O) groups is 1. The third-order valence-electron chi connectivity index (χ3n) is 3.66. The summed E-state index contributed by atoms with van der Waals surface area (Å²) < 4.78 is 2.09. The lowest BCUT2D eigenvalue weighted by Crippen LogP contribution is -2.24. The van der Waals surface area contributed by atoms with Crippen molar-refractivity contribution in [1.82, 2.24) is 9.88 Å². The van der Waals surface area contributed by atoms with Crippen LogP contribution in [0.2, 0.25) is 0 Å². The van der Waals surface area contributed by atoms with E-state index in [2.05, 4.69) is 28.2 Å². The van der Waals surface area contributed by atoms with Gasteiger partial charge in [0, 0.05) is 30.7 Å². The summed E-state index contributed by atoms with van der Waals surface area (Å²) in [6.45, 7) is 0.563. The summed E-state index contributed by atoms with van der Waals surface area (Å²) in [5.74, 6) is 0.0501. The Morgan fingerprint density at radius 1 is 1.05 bits per heavy atom. The average Bonchev–Trinajstić information content (AvgIpc) is 2.83. The summed E-state index contributed by atoms with van der Waals surface area (Å²) in [5, 5.41) is 4.20. The van der Waals surface area contributed by atoms with Gasteiger partial charge >= 0.3 is 0 Å². The number of aryl methyl sites for hydroxylation is 1. The van der Waals surface area contributed by atoms with Gasteiger partial charge in [0.05, 0.1) is 6.42 Å². The molecule has 3 aromatic rings. The minimum Gasteiger partial charge on any atom is -0.352 e. The van der Waals surface area contributed by atoms with Crippen LogP contribution in [-0.4, -0.2) is 10.5 Å². The second kappa shape index (κ2) is 5.83. The van der Waals surface area contributed by atoms with Gasteiger partial charge in [-0.3, -0.25) is 4.79 Å². The zero-order valence-electron chi connectivity index (χ0n) is 12.0. The summed E-state index contributed by atoms with van der Waals surface area (Å²) in [7, 11) is 2.03. The predicted molar refractivity (Wildman–Crippen MR) is 84.9 cm³/mol. The molecule has 106 valence electrons. The van der Waals surface area contributed by atoms with Gasteiger partial charge in [-0.2, -0.15) is 0 Å². The first-order chi connectivity index (χ1) is 10.2. The Hall–Kier alpha value is -2.55. The van der Waals surface area contributed by atoms with E-state index in [4.69, 9.17) is 0 Å². The molecule has 1 aromatic heterocycles. The molecule has 3 rings (SSSR count). The maximum Gasteiger partial charge on any atom is 0.224 e. The standard InChI is InChI=1S/C18H18N2O/c1-20-13-15(16-9-5-6-10-17(16)20)12-19-18(21)11-14-7-3-2-4-8-14/h2-10,13H,11-12H2,1H3,(H,19,21). The lowest BCUT2D eigenvalue weighted by Gasteiger charge is -2.04. The van der Waals surface area contributed by atoms with Crippen LogP contribution in [0.1, 0.15) is 11.1 Å². The summed E-state index contributed by atoms with van der Waals surface area (Å²) in [5.41, 5.74) is 3.37. The molecule has 0 unspecified atom stereocenters. The fraction of sp³-hybridized carbons (Fsp3) is 0.167. The smallest absolute Gasteiger partial charge is 0.224 e. The normalized spacial score (nSPS) is 10.7. The Balaban J connectivity index is 1.68. The van der Waals surface area contributed by atoms with Crippen molar-refractivity contribution in [3.05, 3.63) is 71.9 Å². The molecule has 0 atom stereocenters. The number of fused-ring (bicyclic) bond motifs is 1. The maximum absolute atomic E-state index is 12.0. The molecule has 0 saturated heterocycles. The number of amides is 1. The summed E-state index contributed by atoms with van der Waals surface area (Å²) in [6, 6.07) is 18.0. The van der Waals surface area contributed by atoms with Crippen LogP contribution in [0.15, 0.2) is 60.8 Å². The minimum absolute atomic E-state index is 0.0501. The van der Waals surface area contributed by atoms with Crippen LogP contribution in [-0.2, 0) is 24.8 Å². The third kappa shape index (κ3) is 2.97. The fourth-order valence-corrected chi connectivity index (χ4v) is 2.60. The van der Waals surface area contributed by atoms with Crippen LogP contribution in [0.25, 0.3) is 10.9 Å². The van der Waals surface area contributed by atoms with Gasteiger partial charge in [0.15, 0.2) is 0 Å². The van der Waals surface area contributed by atoms with Gasteiger partial charge in [-0.15, -0.1) is 0 Å². The van der Waals surface area contributed by atoms with E-state index in [1.54, 1.807) is 0 Å². The molecular weight excluding hydrogens is 260 g/mol. The van der Waals surface area contributed by atoms with Crippen molar-refractivity contribution in [3.8, 4) is 0 Å². The van der Waals surface area contributed by atoms with Crippen molar-refractivity contribution in [2.75, 3.05) is 0 Å². The zero-order valence-corrected chi connectivity index (χ0v) is 12.0. The van der Waals surface area contributed by atoms with Crippen molar-refractivity contribution < 1.29 is 4.79 Å². The van der Waals surface area contributed by atoms with E-state index < -0.39 is 0 Å². The Kier molecular flexibility index (Phi) is 3.73. The highest BCUT2D eigenvalue weighted by Crippen LogP contribution is 2.19. The largest absolute Gasteiger partial charge is 0.352 e. The topological polar surface area (TPSA) is 34.0 Å². The summed E-state index contributed by atoms with van der Waals surface area (Å²) in [6.07, 6.45) is 2.50. The number of nitrogens with one attached hydrogen (secondary N) is 1. The maximum atomic E-state index is 12.0. The van der Waals surface area contributed by atoms with E-state index in [1.165, 1.54) is 10.9 Å². The molecular formula is C18H18N2O. The molecule has 1 N–H and O–H groups in total. The van der Waals surface area contributed by atoms with E-state index in [-0.39, 0.29) is 5.91 Å².